The molecule has 3 heterocycles. The van der Waals surface area contributed by atoms with Crippen LogP contribution in [0.1, 0.15) is 31.1 Å². The van der Waals surface area contributed by atoms with Gasteiger partial charge in [-0.2, -0.15) is 4.98 Å². The van der Waals surface area contributed by atoms with Gasteiger partial charge >= 0.3 is 6.09 Å². The summed E-state index contributed by atoms with van der Waals surface area (Å²) in [6, 6.07) is 8.16. The highest BCUT2D eigenvalue weighted by Crippen LogP contribution is 2.32. The molecule has 1 aromatic carbocycles. The lowest BCUT2D eigenvalue weighted by Gasteiger charge is -2.22. The summed E-state index contributed by atoms with van der Waals surface area (Å²) in [5, 5.41) is 5.97. The second kappa shape index (κ2) is 11.0. The zero-order chi connectivity index (χ0) is 26.7. The Morgan fingerprint density at radius 2 is 2.08 bits per heavy atom. The van der Waals surface area contributed by atoms with Crippen LogP contribution in [0.2, 0.25) is 0 Å². The molecule has 2 aromatic heterocycles. The number of alkyl halides is 1. The Labute approximate surface area is 222 Å². The number of anilines is 3. The first kappa shape index (κ1) is 26.2. The molecule has 9 nitrogen and oxygen atoms in total. The van der Waals surface area contributed by atoms with Crippen molar-refractivity contribution in [1.29, 1.82) is 0 Å². The zero-order valence-corrected chi connectivity index (χ0v) is 22.1. The number of hydrogen-bond acceptors (Lipinski definition) is 7. The van der Waals surface area contributed by atoms with E-state index < -0.39 is 18.3 Å². The maximum atomic E-state index is 14.0. The van der Waals surface area contributed by atoms with Crippen molar-refractivity contribution in [1.82, 2.24) is 15.0 Å². The minimum atomic E-state index is -1.28. The number of aromatic nitrogens is 3. The second-order valence-electron chi connectivity index (χ2n) is 8.61. The minimum Gasteiger partial charge on any atom is -0.447 e. The van der Waals surface area contributed by atoms with Crippen LogP contribution in [0, 0.1) is 6.92 Å². The minimum absolute atomic E-state index is 0.0320. The first-order chi connectivity index (χ1) is 17.7. The molecule has 3 atom stereocenters. The Bertz CT molecular complexity index is 1350. The molecule has 0 radical (unpaired) electrons. The number of amides is 2. The molecule has 1 aliphatic rings. The average molecular weight is 569 g/mol. The Morgan fingerprint density at radius 3 is 2.78 bits per heavy atom. The van der Waals surface area contributed by atoms with Crippen molar-refractivity contribution in [3.8, 4) is 11.1 Å². The number of cyclic esters (lactones) is 1. The number of carbonyl (C=O) groups is 2. The SMILES string of the molecule is C=CC(=O)Nc1cc(-c2cnc([C@H](C)Nc3nccc(N4C(=O)OC[C@@H]4[C@H](C)F)n3)cc2C)ccc1Br. The van der Waals surface area contributed by atoms with Gasteiger partial charge in [-0.15, -0.1) is 0 Å². The van der Waals surface area contributed by atoms with Crippen molar-refractivity contribution in [2.24, 2.45) is 0 Å². The fraction of sp³-hybridized carbons (Fsp3) is 0.269. The number of pyridine rings is 1. The first-order valence-corrected chi connectivity index (χ1v) is 12.4. The molecule has 11 heteroatoms. The fourth-order valence-electron chi connectivity index (χ4n) is 3.95. The molecular formula is C26H26BrFN6O3. The number of nitrogens with one attached hydrogen (secondary N) is 2. The summed E-state index contributed by atoms with van der Waals surface area (Å²) in [5.74, 6) is 0.232. The van der Waals surface area contributed by atoms with Gasteiger partial charge in [0.25, 0.3) is 0 Å². The van der Waals surface area contributed by atoms with E-state index in [1.165, 1.54) is 24.1 Å². The quantitative estimate of drug-likeness (QED) is 0.341. The maximum absolute atomic E-state index is 14.0. The van der Waals surface area contributed by atoms with Crippen molar-refractivity contribution in [3.05, 3.63) is 71.1 Å². The third-order valence-electron chi connectivity index (χ3n) is 5.97. The van der Waals surface area contributed by atoms with Gasteiger partial charge in [-0.05, 0) is 78.2 Å². The number of nitrogens with zero attached hydrogens (tertiary/aromatic N) is 4. The molecule has 3 aromatic rings. The van der Waals surface area contributed by atoms with Crippen molar-refractivity contribution >= 4 is 45.4 Å². The molecule has 1 fully saturated rings. The standard InChI is InChI=1S/C26H26BrFN6O3/c1-5-24(35)32-21-11-17(6-7-19(21)27)18-12-30-20(10-14(18)2)16(4)31-25-29-9-8-23(33-25)34-22(15(3)28)13-37-26(34)36/h5-12,15-16,22H,1,13H2,2-4H3,(H,32,35)(H,29,31,33)/t15-,16-,22+/m0/s1. The third-order valence-corrected chi connectivity index (χ3v) is 6.66. The van der Waals surface area contributed by atoms with Crippen LogP contribution >= 0.6 is 15.9 Å². The summed E-state index contributed by atoms with van der Waals surface area (Å²) in [4.78, 5) is 38.4. The highest BCUT2D eigenvalue weighted by molar-refractivity contribution is 9.10. The van der Waals surface area contributed by atoms with E-state index in [1.807, 2.05) is 38.1 Å². The fourth-order valence-corrected chi connectivity index (χ4v) is 4.29. The van der Waals surface area contributed by atoms with Gasteiger partial charge in [0.15, 0.2) is 0 Å². The van der Waals surface area contributed by atoms with Crippen LogP contribution in [0.5, 0.6) is 0 Å². The number of aryl methyl sites for hydroxylation is 1. The van der Waals surface area contributed by atoms with E-state index in [9.17, 15) is 14.0 Å². The van der Waals surface area contributed by atoms with Gasteiger partial charge in [0, 0.05) is 22.4 Å². The Morgan fingerprint density at radius 1 is 1.30 bits per heavy atom. The van der Waals surface area contributed by atoms with Crippen LogP contribution in [-0.2, 0) is 9.53 Å². The van der Waals surface area contributed by atoms with Crippen LogP contribution in [0.15, 0.2) is 59.9 Å². The molecule has 192 valence electrons. The number of rotatable bonds is 8. The summed E-state index contributed by atoms with van der Waals surface area (Å²) in [6.07, 6.45) is 2.57. The molecule has 37 heavy (non-hydrogen) atoms. The van der Waals surface area contributed by atoms with Gasteiger partial charge in [-0.3, -0.25) is 14.7 Å². The van der Waals surface area contributed by atoms with Crippen LogP contribution in [0.3, 0.4) is 0 Å². The second-order valence-corrected chi connectivity index (χ2v) is 9.46. The summed E-state index contributed by atoms with van der Waals surface area (Å²) >= 11 is 3.45. The summed E-state index contributed by atoms with van der Waals surface area (Å²) in [6.45, 7) is 8.73. The molecule has 1 saturated heterocycles. The summed E-state index contributed by atoms with van der Waals surface area (Å²) < 4.78 is 19.8. The predicted molar refractivity (Wildman–Crippen MR) is 143 cm³/mol. The van der Waals surface area contributed by atoms with Crippen molar-refractivity contribution in [3.63, 3.8) is 0 Å². The number of hydrogen-bond donors (Lipinski definition) is 2. The molecule has 4 rings (SSSR count). The molecule has 1 aliphatic heterocycles. The predicted octanol–water partition coefficient (Wildman–Crippen LogP) is 5.59. The van der Waals surface area contributed by atoms with E-state index in [0.29, 0.717) is 5.69 Å². The smallest absolute Gasteiger partial charge is 0.416 e. The lowest BCUT2D eigenvalue weighted by Crippen LogP contribution is -2.39. The highest BCUT2D eigenvalue weighted by Gasteiger charge is 2.39. The lowest BCUT2D eigenvalue weighted by atomic mass is 10.0. The first-order valence-electron chi connectivity index (χ1n) is 11.6. The number of carbonyl (C=O) groups excluding carboxylic acids is 2. The summed E-state index contributed by atoms with van der Waals surface area (Å²) in [5.41, 5.74) is 4.17. The Kier molecular flexibility index (Phi) is 7.82. The third kappa shape index (κ3) is 5.77. The van der Waals surface area contributed by atoms with E-state index in [0.717, 1.165) is 26.9 Å². The topological polar surface area (TPSA) is 109 Å². The normalized spacial score (nSPS) is 16.6. The molecular weight excluding hydrogens is 543 g/mol. The van der Waals surface area contributed by atoms with Gasteiger partial charge < -0.3 is 15.4 Å². The molecule has 0 spiro atoms. The highest BCUT2D eigenvalue weighted by atomic mass is 79.9. The lowest BCUT2D eigenvalue weighted by molar-refractivity contribution is -0.111. The van der Waals surface area contributed by atoms with Gasteiger partial charge in [0.1, 0.15) is 24.6 Å². The Hall–Kier alpha value is -3.86. The van der Waals surface area contributed by atoms with Crippen molar-refractivity contribution in [2.45, 2.75) is 39.0 Å². The van der Waals surface area contributed by atoms with E-state index >= 15 is 0 Å². The van der Waals surface area contributed by atoms with Crippen molar-refractivity contribution < 1.29 is 18.7 Å². The molecule has 0 saturated carbocycles. The largest absolute Gasteiger partial charge is 0.447 e. The maximum Gasteiger partial charge on any atom is 0.416 e. The van der Waals surface area contributed by atoms with E-state index in [-0.39, 0.29) is 30.3 Å². The van der Waals surface area contributed by atoms with E-state index in [4.69, 9.17) is 4.74 Å². The molecule has 0 bridgehead atoms. The van der Waals surface area contributed by atoms with E-state index in [2.05, 4.69) is 48.1 Å². The van der Waals surface area contributed by atoms with Crippen LogP contribution in [0.25, 0.3) is 11.1 Å². The molecule has 0 aliphatic carbocycles. The van der Waals surface area contributed by atoms with Crippen LogP contribution < -0.4 is 15.5 Å². The number of ether oxygens (including phenoxy) is 1. The van der Waals surface area contributed by atoms with Gasteiger partial charge in [-0.25, -0.2) is 14.2 Å². The summed E-state index contributed by atoms with van der Waals surface area (Å²) in [7, 11) is 0. The number of benzene rings is 1. The zero-order valence-electron chi connectivity index (χ0n) is 20.5. The Balaban J connectivity index is 1.53. The van der Waals surface area contributed by atoms with Crippen LogP contribution in [-0.4, -0.2) is 45.8 Å². The molecule has 2 amide bonds. The van der Waals surface area contributed by atoms with Gasteiger partial charge in [0.05, 0.1) is 17.4 Å². The van der Waals surface area contributed by atoms with Crippen molar-refractivity contribution in [2.75, 3.05) is 22.1 Å². The molecule has 2 N–H and O–H groups in total. The number of halogens is 2. The van der Waals surface area contributed by atoms with Gasteiger partial charge in [-0.1, -0.05) is 12.6 Å². The average Bonchev–Trinajstić information content (AvgIpc) is 3.27. The van der Waals surface area contributed by atoms with Gasteiger partial charge in [0.2, 0.25) is 11.9 Å². The molecule has 0 unspecified atom stereocenters. The monoisotopic (exact) mass is 568 g/mol. The van der Waals surface area contributed by atoms with Crippen LogP contribution in [0.4, 0.5) is 26.6 Å². The van der Waals surface area contributed by atoms with E-state index in [1.54, 1.807) is 12.3 Å².